The summed E-state index contributed by atoms with van der Waals surface area (Å²) in [6.45, 7) is 5.07. The number of allylic oxidation sites excluding steroid dienone is 4. The number of nitrogens with zero attached hydrogens (tertiary/aromatic N) is 1. The van der Waals surface area contributed by atoms with Gasteiger partial charge < -0.3 is 9.64 Å². The van der Waals surface area contributed by atoms with Crippen molar-refractivity contribution < 1.29 is 9.53 Å². The summed E-state index contributed by atoms with van der Waals surface area (Å²) in [4.78, 5) is 14.8. The Balaban J connectivity index is 1.20. The predicted octanol–water partition coefficient (Wildman–Crippen LogP) is 5.08. The first-order chi connectivity index (χ1) is 14.1. The van der Waals surface area contributed by atoms with E-state index in [-0.39, 0.29) is 17.0 Å². The zero-order valence-electron chi connectivity index (χ0n) is 17.9. The summed E-state index contributed by atoms with van der Waals surface area (Å²) in [5, 5.41) is 0. The summed E-state index contributed by atoms with van der Waals surface area (Å²) in [5.74, 6) is 4.89. The molecule has 0 bridgehead atoms. The molecule has 0 radical (unpaired) electrons. The monoisotopic (exact) mass is 393 g/mol. The molecule has 5 unspecified atom stereocenters. The third kappa shape index (κ3) is 2.13. The summed E-state index contributed by atoms with van der Waals surface area (Å²) in [6.07, 6.45) is 17.5. The lowest BCUT2D eigenvalue weighted by Gasteiger charge is -2.56. The van der Waals surface area contributed by atoms with E-state index < -0.39 is 0 Å². The maximum Gasteiger partial charge on any atom is 0.306 e. The van der Waals surface area contributed by atoms with Gasteiger partial charge in [-0.1, -0.05) is 13.0 Å². The lowest BCUT2D eigenvalue weighted by molar-refractivity contribution is -0.173. The first-order valence-corrected chi connectivity index (χ1v) is 12.5. The van der Waals surface area contributed by atoms with Gasteiger partial charge in [0.1, 0.15) is 5.60 Å². The molecule has 2 heterocycles. The molecule has 5 fully saturated rings. The van der Waals surface area contributed by atoms with Crippen LogP contribution in [0.5, 0.6) is 0 Å². The highest BCUT2D eigenvalue weighted by Crippen LogP contribution is 2.78. The van der Waals surface area contributed by atoms with Gasteiger partial charge >= 0.3 is 5.97 Å². The molecular formula is C26H35NO2. The fourth-order valence-corrected chi connectivity index (χ4v) is 9.56. The highest BCUT2D eigenvalue weighted by Gasteiger charge is 2.78. The minimum absolute atomic E-state index is 0.0809. The van der Waals surface area contributed by atoms with Crippen LogP contribution in [0.4, 0.5) is 0 Å². The van der Waals surface area contributed by atoms with Crippen LogP contribution in [-0.4, -0.2) is 29.6 Å². The van der Waals surface area contributed by atoms with Crippen molar-refractivity contribution >= 4 is 5.97 Å². The Morgan fingerprint density at radius 3 is 2.72 bits per heavy atom. The van der Waals surface area contributed by atoms with E-state index in [1.54, 1.807) is 11.3 Å². The van der Waals surface area contributed by atoms with Crippen LogP contribution in [0.2, 0.25) is 0 Å². The van der Waals surface area contributed by atoms with Crippen LogP contribution in [0, 0.1) is 40.9 Å². The molecule has 7 rings (SSSR count). The van der Waals surface area contributed by atoms with Crippen molar-refractivity contribution in [2.45, 2.75) is 76.7 Å². The summed E-state index contributed by atoms with van der Waals surface area (Å²) in [5.41, 5.74) is 3.45. The zero-order chi connectivity index (χ0) is 19.4. The fourth-order valence-electron chi connectivity index (χ4n) is 9.56. The Hall–Kier alpha value is -1.25. The van der Waals surface area contributed by atoms with Crippen LogP contribution in [0.1, 0.15) is 71.1 Å². The van der Waals surface area contributed by atoms with E-state index in [2.05, 4.69) is 24.0 Å². The number of hydrogen-bond acceptors (Lipinski definition) is 3. The average molecular weight is 394 g/mol. The normalized spacial score (nSPS) is 52.3. The van der Waals surface area contributed by atoms with Crippen molar-refractivity contribution in [3.63, 3.8) is 0 Å². The SMILES string of the molecule is CC12CCC3C4CCC(N5CCCC5)=CC4=CCC3C1[C@H]1C[C@H]1[C@@]21CCC(=O)O1. The first kappa shape index (κ1) is 17.4. The average Bonchev–Trinajstić information content (AvgIpc) is 3.08. The van der Waals surface area contributed by atoms with Crippen molar-refractivity contribution in [3.05, 3.63) is 23.4 Å². The molecule has 0 aromatic rings. The molecule has 7 aliphatic rings. The smallest absolute Gasteiger partial charge is 0.306 e. The minimum atomic E-state index is -0.0935. The molecule has 2 saturated heterocycles. The topological polar surface area (TPSA) is 29.5 Å². The van der Waals surface area contributed by atoms with E-state index in [0.29, 0.717) is 12.3 Å². The number of ether oxygens (including phenoxy) is 1. The van der Waals surface area contributed by atoms with Crippen LogP contribution in [0.15, 0.2) is 23.4 Å². The second-order valence-corrected chi connectivity index (χ2v) is 11.6. The molecule has 0 N–H and O–H groups in total. The molecule has 0 aromatic heterocycles. The molecule has 0 amide bonds. The van der Waals surface area contributed by atoms with Gasteiger partial charge in [-0.15, -0.1) is 0 Å². The summed E-state index contributed by atoms with van der Waals surface area (Å²) >= 11 is 0. The fraction of sp³-hybridized carbons (Fsp3) is 0.808. The maximum absolute atomic E-state index is 12.2. The number of rotatable bonds is 1. The minimum Gasteiger partial charge on any atom is -0.458 e. The van der Waals surface area contributed by atoms with Crippen LogP contribution in [0.3, 0.4) is 0 Å². The number of hydrogen-bond donors (Lipinski definition) is 0. The van der Waals surface area contributed by atoms with Crippen LogP contribution in [-0.2, 0) is 9.53 Å². The Bertz CT molecular complexity index is 823. The van der Waals surface area contributed by atoms with Crippen molar-refractivity contribution in [2.75, 3.05) is 13.1 Å². The van der Waals surface area contributed by atoms with E-state index in [1.165, 1.54) is 64.5 Å². The largest absolute Gasteiger partial charge is 0.458 e. The molecule has 29 heavy (non-hydrogen) atoms. The second kappa shape index (κ2) is 5.71. The van der Waals surface area contributed by atoms with Crippen molar-refractivity contribution in [1.29, 1.82) is 0 Å². The Labute approximate surface area is 174 Å². The van der Waals surface area contributed by atoms with Crippen LogP contribution < -0.4 is 0 Å². The number of esters is 1. The van der Waals surface area contributed by atoms with Gasteiger partial charge in [0.25, 0.3) is 0 Å². The molecule has 3 heteroatoms. The van der Waals surface area contributed by atoms with Gasteiger partial charge in [0.2, 0.25) is 0 Å². The van der Waals surface area contributed by atoms with Crippen molar-refractivity contribution in [1.82, 2.24) is 4.90 Å². The van der Waals surface area contributed by atoms with Gasteiger partial charge in [-0.05, 0) is 99.0 Å². The van der Waals surface area contributed by atoms with Gasteiger partial charge in [0, 0.05) is 36.5 Å². The summed E-state index contributed by atoms with van der Waals surface area (Å²) < 4.78 is 6.22. The van der Waals surface area contributed by atoms with Crippen LogP contribution in [0.25, 0.3) is 0 Å². The quantitative estimate of drug-likeness (QED) is 0.582. The Kier molecular flexibility index (Phi) is 3.43. The summed E-state index contributed by atoms with van der Waals surface area (Å²) in [6, 6.07) is 0. The number of fused-ring (bicyclic) bond motifs is 9. The van der Waals surface area contributed by atoms with Crippen molar-refractivity contribution in [2.24, 2.45) is 40.9 Å². The molecular weight excluding hydrogens is 358 g/mol. The van der Waals surface area contributed by atoms with E-state index in [0.717, 1.165) is 36.0 Å². The molecule has 3 nitrogen and oxygen atoms in total. The predicted molar refractivity (Wildman–Crippen MR) is 112 cm³/mol. The van der Waals surface area contributed by atoms with Gasteiger partial charge in [-0.25, -0.2) is 0 Å². The lowest BCUT2D eigenvalue weighted by Crippen LogP contribution is -2.54. The Morgan fingerprint density at radius 1 is 1.07 bits per heavy atom. The molecule has 1 spiro atoms. The summed E-state index contributed by atoms with van der Waals surface area (Å²) in [7, 11) is 0. The molecule has 2 aliphatic heterocycles. The second-order valence-electron chi connectivity index (χ2n) is 11.6. The first-order valence-electron chi connectivity index (χ1n) is 12.5. The highest BCUT2D eigenvalue weighted by atomic mass is 16.6. The number of carbonyl (C=O) groups excluding carboxylic acids is 1. The highest BCUT2D eigenvalue weighted by molar-refractivity contribution is 5.73. The maximum atomic E-state index is 12.2. The molecule has 3 saturated carbocycles. The van der Waals surface area contributed by atoms with Crippen LogP contribution >= 0.6 is 0 Å². The number of likely N-dealkylation sites (tertiary alicyclic amines) is 1. The third-order valence-corrected chi connectivity index (χ3v) is 10.7. The van der Waals surface area contributed by atoms with E-state index in [9.17, 15) is 4.79 Å². The van der Waals surface area contributed by atoms with E-state index in [1.807, 2.05) is 0 Å². The molecule has 0 aromatic carbocycles. The van der Waals surface area contributed by atoms with Gasteiger partial charge in [0.05, 0.1) is 0 Å². The molecule has 5 aliphatic carbocycles. The van der Waals surface area contributed by atoms with Gasteiger partial charge in [0.15, 0.2) is 0 Å². The molecule has 8 atom stereocenters. The van der Waals surface area contributed by atoms with E-state index in [4.69, 9.17) is 4.74 Å². The Morgan fingerprint density at radius 2 is 1.93 bits per heavy atom. The van der Waals surface area contributed by atoms with Crippen molar-refractivity contribution in [3.8, 4) is 0 Å². The molecule has 156 valence electrons. The lowest BCUT2D eigenvalue weighted by atomic mass is 9.49. The third-order valence-electron chi connectivity index (χ3n) is 10.7. The van der Waals surface area contributed by atoms with Gasteiger partial charge in [-0.2, -0.15) is 0 Å². The number of carbonyl (C=O) groups is 1. The van der Waals surface area contributed by atoms with Gasteiger partial charge in [-0.3, -0.25) is 4.79 Å². The van der Waals surface area contributed by atoms with E-state index >= 15 is 0 Å². The standard InChI is InChI=1S/C26H35NO2/c1-25-10-8-19-18-7-5-17(27-12-2-3-13-27)14-16(18)4-6-20(19)24(25)21-15-22(21)26(25)11-9-23(28)29-26/h4,14,18-22,24H,2-3,5-13,15H2,1H3/t18?,19?,20?,21-,22+,24?,25?,26-/m0/s1. The zero-order valence-corrected chi connectivity index (χ0v) is 17.9.